The highest BCUT2D eigenvalue weighted by Crippen LogP contribution is 2.14. The lowest BCUT2D eigenvalue weighted by Crippen LogP contribution is -2.43. The summed E-state index contributed by atoms with van der Waals surface area (Å²) in [6, 6.07) is 10.9. The van der Waals surface area contributed by atoms with Gasteiger partial charge in [0.25, 0.3) is 0 Å². The average molecular weight is 307 g/mol. The second kappa shape index (κ2) is 7.59. The monoisotopic (exact) mass is 306 g/mol. The fourth-order valence-corrected chi connectivity index (χ4v) is 2.86. The summed E-state index contributed by atoms with van der Waals surface area (Å²) in [7, 11) is 2.06. The van der Waals surface area contributed by atoms with Crippen molar-refractivity contribution >= 4 is 12.4 Å². The van der Waals surface area contributed by atoms with Gasteiger partial charge in [-0.1, -0.05) is 18.2 Å². The Kier molecular flexibility index (Phi) is 5.79. The minimum atomic E-state index is 0. The predicted molar refractivity (Wildman–Crippen MR) is 88.2 cm³/mol. The van der Waals surface area contributed by atoms with Gasteiger partial charge in [-0.2, -0.15) is 5.10 Å². The molecule has 0 saturated carbocycles. The largest absolute Gasteiger partial charge is 0.316 e. The third-order valence-corrected chi connectivity index (χ3v) is 3.98. The van der Waals surface area contributed by atoms with E-state index in [9.17, 15) is 0 Å². The molecule has 0 bridgehead atoms. The van der Waals surface area contributed by atoms with E-state index in [-0.39, 0.29) is 12.4 Å². The van der Waals surface area contributed by atoms with Crippen LogP contribution in [0.1, 0.15) is 18.4 Å². The second-order valence-corrected chi connectivity index (χ2v) is 5.49. The summed E-state index contributed by atoms with van der Waals surface area (Å²) < 4.78 is 1.95. The molecule has 0 radical (unpaired) electrons. The molecule has 1 atom stereocenters. The van der Waals surface area contributed by atoms with E-state index in [2.05, 4.69) is 40.7 Å². The van der Waals surface area contributed by atoms with Crippen LogP contribution < -0.4 is 5.32 Å². The van der Waals surface area contributed by atoms with Gasteiger partial charge in [0.1, 0.15) is 0 Å². The van der Waals surface area contributed by atoms with Crippen LogP contribution in [0.4, 0.5) is 0 Å². The minimum Gasteiger partial charge on any atom is -0.316 e. The molecule has 4 nitrogen and oxygen atoms in total. The Labute approximate surface area is 132 Å². The molecular weight excluding hydrogens is 284 g/mol. The normalized spacial score (nSPS) is 19.2. The van der Waals surface area contributed by atoms with Gasteiger partial charge in [0, 0.05) is 30.9 Å². The average Bonchev–Trinajstić information content (AvgIpc) is 2.97. The lowest BCUT2D eigenvalue weighted by Gasteiger charge is -2.32. The quantitative estimate of drug-likeness (QED) is 0.942. The van der Waals surface area contributed by atoms with Crippen LogP contribution in [0.25, 0.3) is 5.69 Å². The molecule has 1 saturated heterocycles. The Morgan fingerprint density at radius 3 is 2.86 bits per heavy atom. The molecule has 21 heavy (non-hydrogen) atoms. The summed E-state index contributed by atoms with van der Waals surface area (Å²) in [5.41, 5.74) is 2.40. The predicted octanol–water partition coefficient (Wildman–Crippen LogP) is 2.48. The van der Waals surface area contributed by atoms with Gasteiger partial charge in [0.05, 0.1) is 11.9 Å². The number of hydrogen-bond donors (Lipinski definition) is 1. The molecule has 5 heteroatoms. The van der Waals surface area contributed by atoms with E-state index in [0.717, 1.165) is 18.8 Å². The Morgan fingerprint density at radius 2 is 2.10 bits per heavy atom. The molecule has 114 valence electrons. The minimum absolute atomic E-state index is 0. The molecule has 0 aliphatic carbocycles. The molecule has 3 rings (SSSR count). The zero-order valence-electron chi connectivity index (χ0n) is 12.4. The van der Waals surface area contributed by atoms with Crippen LogP contribution in [0.5, 0.6) is 0 Å². The van der Waals surface area contributed by atoms with Gasteiger partial charge in [-0.25, -0.2) is 4.68 Å². The highest BCUT2D eigenvalue weighted by Gasteiger charge is 2.18. The first-order chi connectivity index (χ1) is 9.85. The van der Waals surface area contributed by atoms with Gasteiger partial charge in [-0.15, -0.1) is 12.4 Å². The number of aromatic nitrogens is 2. The van der Waals surface area contributed by atoms with E-state index < -0.39 is 0 Å². The van der Waals surface area contributed by atoms with E-state index >= 15 is 0 Å². The molecule has 1 aliphatic rings. The van der Waals surface area contributed by atoms with E-state index in [0.29, 0.717) is 6.04 Å². The van der Waals surface area contributed by atoms with Gasteiger partial charge in [-0.3, -0.25) is 4.90 Å². The molecule has 1 fully saturated rings. The maximum absolute atomic E-state index is 4.47. The van der Waals surface area contributed by atoms with E-state index in [1.807, 2.05) is 29.1 Å². The maximum Gasteiger partial charge on any atom is 0.0645 e. The van der Waals surface area contributed by atoms with Crippen molar-refractivity contribution in [3.8, 4) is 5.69 Å². The molecule has 1 N–H and O–H groups in total. The third kappa shape index (κ3) is 4.06. The number of nitrogens with zero attached hydrogens (tertiary/aromatic N) is 3. The SMILES string of the molecule is CNC1CCCN(Cc2cnn(-c3ccccc3)c2)C1.Cl. The lowest BCUT2D eigenvalue weighted by molar-refractivity contribution is 0.188. The molecule has 0 amide bonds. The third-order valence-electron chi connectivity index (χ3n) is 3.98. The molecule has 1 aromatic heterocycles. The number of para-hydroxylation sites is 1. The Balaban J connectivity index is 0.00000161. The van der Waals surface area contributed by atoms with Gasteiger partial charge in [0.2, 0.25) is 0 Å². The smallest absolute Gasteiger partial charge is 0.0645 e. The van der Waals surface area contributed by atoms with E-state index in [4.69, 9.17) is 0 Å². The summed E-state index contributed by atoms with van der Waals surface area (Å²) >= 11 is 0. The first kappa shape index (κ1) is 16.0. The zero-order chi connectivity index (χ0) is 13.8. The number of likely N-dealkylation sites (tertiary alicyclic amines) is 1. The van der Waals surface area contributed by atoms with Crippen LogP contribution in [0, 0.1) is 0 Å². The summed E-state index contributed by atoms with van der Waals surface area (Å²) in [6.45, 7) is 3.31. The van der Waals surface area contributed by atoms with Crippen LogP contribution in [-0.4, -0.2) is 40.9 Å². The highest BCUT2D eigenvalue weighted by atomic mass is 35.5. The summed E-state index contributed by atoms with van der Waals surface area (Å²) in [5.74, 6) is 0. The maximum atomic E-state index is 4.47. The summed E-state index contributed by atoms with van der Waals surface area (Å²) in [5, 5.41) is 7.85. The second-order valence-electron chi connectivity index (χ2n) is 5.49. The van der Waals surface area contributed by atoms with Crippen molar-refractivity contribution in [3.05, 3.63) is 48.3 Å². The van der Waals surface area contributed by atoms with Crippen molar-refractivity contribution < 1.29 is 0 Å². The van der Waals surface area contributed by atoms with Crippen LogP contribution in [-0.2, 0) is 6.54 Å². The van der Waals surface area contributed by atoms with E-state index in [1.54, 1.807) is 0 Å². The number of halogens is 1. The fraction of sp³-hybridized carbons (Fsp3) is 0.438. The number of piperidine rings is 1. The highest BCUT2D eigenvalue weighted by molar-refractivity contribution is 5.85. The molecular formula is C16H23ClN4. The number of likely N-dealkylation sites (N-methyl/N-ethyl adjacent to an activating group) is 1. The lowest BCUT2D eigenvalue weighted by atomic mass is 10.1. The fourth-order valence-electron chi connectivity index (χ4n) is 2.86. The Bertz CT molecular complexity index is 540. The molecule has 0 spiro atoms. The van der Waals surface area contributed by atoms with Crippen molar-refractivity contribution in [1.82, 2.24) is 20.0 Å². The van der Waals surface area contributed by atoms with Gasteiger partial charge in [0.15, 0.2) is 0 Å². The number of hydrogen-bond acceptors (Lipinski definition) is 3. The van der Waals surface area contributed by atoms with Crippen LogP contribution in [0.2, 0.25) is 0 Å². The molecule has 2 aromatic rings. The molecule has 1 unspecified atom stereocenters. The van der Waals surface area contributed by atoms with Crippen molar-refractivity contribution in [2.75, 3.05) is 20.1 Å². The molecule has 1 aliphatic heterocycles. The molecule has 1 aromatic carbocycles. The summed E-state index contributed by atoms with van der Waals surface area (Å²) in [4.78, 5) is 2.51. The van der Waals surface area contributed by atoms with Crippen LogP contribution in [0.3, 0.4) is 0 Å². The first-order valence-electron chi connectivity index (χ1n) is 7.34. The Hall–Kier alpha value is -1.36. The number of rotatable bonds is 4. The molecule has 2 heterocycles. The topological polar surface area (TPSA) is 33.1 Å². The van der Waals surface area contributed by atoms with Crippen LogP contribution in [0.15, 0.2) is 42.7 Å². The van der Waals surface area contributed by atoms with Crippen LogP contribution >= 0.6 is 12.4 Å². The number of benzene rings is 1. The Morgan fingerprint density at radius 1 is 1.29 bits per heavy atom. The van der Waals surface area contributed by atoms with Gasteiger partial charge >= 0.3 is 0 Å². The van der Waals surface area contributed by atoms with Crippen molar-refractivity contribution in [3.63, 3.8) is 0 Å². The van der Waals surface area contributed by atoms with Gasteiger partial charge in [-0.05, 0) is 38.6 Å². The van der Waals surface area contributed by atoms with Crippen molar-refractivity contribution in [2.24, 2.45) is 0 Å². The van der Waals surface area contributed by atoms with Crippen molar-refractivity contribution in [1.29, 1.82) is 0 Å². The van der Waals surface area contributed by atoms with E-state index in [1.165, 1.54) is 24.9 Å². The first-order valence-corrected chi connectivity index (χ1v) is 7.34. The number of nitrogens with one attached hydrogen (secondary N) is 1. The standard InChI is InChI=1S/C16H22N4.ClH/c1-17-15-6-5-9-19(13-15)11-14-10-18-20(12-14)16-7-3-2-4-8-16;/h2-4,7-8,10,12,15,17H,5-6,9,11,13H2,1H3;1H. The van der Waals surface area contributed by atoms with Gasteiger partial charge < -0.3 is 5.32 Å². The zero-order valence-corrected chi connectivity index (χ0v) is 13.2. The van der Waals surface area contributed by atoms with Crippen molar-refractivity contribution in [2.45, 2.75) is 25.4 Å². The summed E-state index contributed by atoms with van der Waals surface area (Å²) in [6.07, 6.45) is 6.68.